The summed E-state index contributed by atoms with van der Waals surface area (Å²) in [6, 6.07) is 2.39. The smallest absolute Gasteiger partial charge is 0.269 e. The Hall–Kier alpha value is -2.85. The number of hydroxylamine groups is 2. The average Bonchev–Trinajstić information content (AvgIpc) is 2.59. The van der Waals surface area contributed by atoms with Crippen molar-refractivity contribution >= 4 is 33.6 Å². The zero-order chi connectivity index (χ0) is 20.5. The number of methoxy groups -OCH3 is 1. The number of carbonyl (C=O) groups is 4. The van der Waals surface area contributed by atoms with Gasteiger partial charge in [0.25, 0.3) is 5.91 Å². The molecule has 1 aromatic carbocycles. The van der Waals surface area contributed by atoms with Crippen LogP contribution in [0.15, 0.2) is 28.8 Å². The third kappa shape index (κ3) is 3.53. The zero-order valence-electron chi connectivity index (χ0n) is 15.0. The zero-order valence-corrected chi connectivity index (χ0v) is 15.8. The number of ketones is 2. The molecule has 0 N–H and O–H groups in total. The van der Waals surface area contributed by atoms with Gasteiger partial charge < -0.3 is 4.74 Å². The molecule has 0 aromatic heterocycles. The summed E-state index contributed by atoms with van der Waals surface area (Å²) >= 11 is 0. The molecule has 0 fully saturated rings. The largest absolute Gasteiger partial charge is 0.495 e. The Morgan fingerprint density at radius 1 is 1.22 bits per heavy atom. The van der Waals surface area contributed by atoms with E-state index in [0.29, 0.717) is 5.06 Å². The lowest BCUT2D eigenvalue weighted by Gasteiger charge is -2.27. The molecule has 27 heavy (non-hydrogen) atoms. The maximum Gasteiger partial charge on any atom is 0.269 e. The summed E-state index contributed by atoms with van der Waals surface area (Å²) in [5, 5.41) is 0.564. The first-order valence-corrected chi connectivity index (χ1v) is 9.48. The molecule has 10 heteroatoms. The van der Waals surface area contributed by atoms with Crippen molar-refractivity contribution in [3.05, 3.63) is 35.0 Å². The van der Waals surface area contributed by atoms with Gasteiger partial charge in [-0.1, -0.05) is 0 Å². The number of rotatable bonds is 6. The molecule has 1 unspecified atom stereocenters. The van der Waals surface area contributed by atoms with Crippen molar-refractivity contribution in [1.29, 1.82) is 0 Å². The minimum Gasteiger partial charge on any atom is -0.495 e. The van der Waals surface area contributed by atoms with Crippen molar-refractivity contribution in [3.63, 3.8) is 0 Å². The first-order valence-electron chi connectivity index (χ1n) is 7.59. The van der Waals surface area contributed by atoms with Crippen molar-refractivity contribution in [2.75, 3.05) is 20.5 Å². The number of aldehydes is 1. The van der Waals surface area contributed by atoms with Crippen LogP contribution >= 0.6 is 0 Å². The molecule has 144 valence electrons. The molecule has 0 saturated carbocycles. The topological polar surface area (TPSA) is 124 Å². The third-order valence-corrected chi connectivity index (χ3v) is 5.18. The maximum absolute atomic E-state index is 12.9. The van der Waals surface area contributed by atoms with E-state index in [-0.39, 0.29) is 33.8 Å². The van der Waals surface area contributed by atoms with Gasteiger partial charge in [-0.2, -0.15) is 5.06 Å². The van der Waals surface area contributed by atoms with Gasteiger partial charge in [0.05, 0.1) is 14.2 Å². The molecule has 0 radical (unpaired) electrons. The summed E-state index contributed by atoms with van der Waals surface area (Å²) in [5.41, 5.74) is -0.205. The molecule has 1 aromatic rings. The molecular weight excluding hydrogens is 378 g/mol. The summed E-state index contributed by atoms with van der Waals surface area (Å²) in [6.45, 7) is 1.44. The standard InChI is InChI=1S/C17H17NO8S/c1-9-11(5-6-13(16(9)25-2)27(4,23)24)15(21)14-12(20)7-10(8-19)18(26-3)17(14)22/h5-8,14H,1-4H3. The first kappa shape index (κ1) is 20.5. The highest BCUT2D eigenvalue weighted by molar-refractivity contribution is 7.90. The van der Waals surface area contributed by atoms with E-state index in [4.69, 9.17) is 9.57 Å². The molecule has 0 spiro atoms. The van der Waals surface area contributed by atoms with Crippen molar-refractivity contribution in [1.82, 2.24) is 5.06 Å². The number of hydrogen-bond donors (Lipinski definition) is 0. The van der Waals surface area contributed by atoms with E-state index in [1.807, 2.05) is 0 Å². The highest BCUT2D eigenvalue weighted by Crippen LogP contribution is 2.32. The Morgan fingerprint density at radius 3 is 2.33 bits per heavy atom. The number of allylic oxidation sites excluding steroid dienone is 2. The van der Waals surface area contributed by atoms with E-state index in [0.717, 1.165) is 19.4 Å². The molecule has 1 aliphatic heterocycles. The molecule has 9 nitrogen and oxygen atoms in total. The van der Waals surface area contributed by atoms with Crippen LogP contribution in [0.5, 0.6) is 5.75 Å². The van der Waals surface area contributed by atoms with Crippen molar-refractivity contribution in [2.45, 2.75) is 11.8 Å². The lowest BCUT2D eigenvalue weighted by atomic mass is 9.88. The van der Waals surface area contributed by atoms with Crippen LogP contribution in [0.4, 0.5) is 0 Å². The number of amides is 1. The van der Waals surface area contributed by atoms with Crippen molar-refractivity contribution in [2.24, 2.45) is 5.92 Å². The average molecular weight is 395 g/mol. The fourth-order valence-electron chi connectivity index (χ4n) is 2.81. The van der Waals surface area contributed by atoms with E-state index >= 15 is 0 Å². The van der Waals surface area contributed by atoms with Crippen LogP contribution in [0.25, 0.3) is 0 Å². The molecule has 2 rings (SSSR count). The van der Waals surface area contributed by atoms with Crippen molar-refractivity contribution < 1.29 is 37.2 Å². The fraction of sp³-hybridized carbons (Fsp3) is 0.294. The summed E-state index contributed by atoms with van der Waals surface area (Å²) in [5.74, 6) is -4.54. The number of sulfone groups is 1. The maximum atomic E-state index is 12.9. The van der Waals surface area contributed by atoms with Gasteiger partial charge in [-0.15, -0.1) is 0 Å². The molecule has 1 aliphatic rings. The highest BCUT2D eigenvalue weighted by atomic mass is 32.2. The highest BCUT2D eigenvalue weighted by Gasteiger charge is 2.42. The van der Waals surface area contributed by atoms with Crippen LogP contribution in [-0.2, 0) is 29.1 Å². The number of benzene rings is 1. The quantitative estimate of drug-likeness (QED) is 0.382. The second kappa shape index (κ2) is 7.41. The second-order valence-electron chi connectivity index (χ2n) is 5.74. The SMILES string of the molecule is COc1c(S(C)(=O)=O)ccc(C(=O)C2C(=O)C=C(C=O)N(OC)C2=O)c1C. The molecule has 0 saturated heterocycles. The van der Waals surface area contributed by atoms with Gasteiger partial charge in [-0.25, -0.2) is 8.42 Å². The van der Waals surface area contributed by atoms with Crippen LogP contribution < -0.4 is 4.74 Å². The van der Waals surface area contributed by atoms with E-state index in [9.17, 15) is 27.6 Å². The van der Waals surface area contributed by atoms with Crippen LogP contribution in [0.3, 0.4) is 0 Å². The van der Waals surface area contributed by atoms with E-state index in [1.54, 1.807) is 0 Å². The third-order valence-electron chi connectivity index (χ3n) is 4.06. The summed E-state index contributed by atoms with van der Waals surface area (Å²) in [4.78, 5) is 53.3. The van der Waals surface area contributed by atoms with Gasteiger partial charge in [-0.05, 0) is 19.1 Å². The number of nitrogens with zero attached hydrogens (tertiary/aromatic N) is 1. The van der Waals surface area contributed by atoms with Crippen LogP contribution in [0.2, 0.25) is 0 Å². The lowest BCUT2D eigenvalue weighted by Crippen LogP contribution is -2.46. The molecule has 1 heterocycles. The molecular formula is C17H17NO8S. The van der Waals surface area contributed by atoms with Gasteiger partial charge in [0.15, 0.2) is 33.6 Å². The molecule has 0 aliphatic carbocycles. The predicted molar refractivity (Wildman–Crippen MR) is 91.7 cm³/mol. The van der Waals surface area contributed by atoms with Gasteiger partial charge in [0, 0.05) is 23.5 Å². The van der Waals surface area contributed by atoms with Gasteiger partial charge in [-0.3, -0.25) is 24.0 Å². The number of Topliss-reactive ketones (excluding diaryl/α,β-unsaturated/α-hetero) is 1. The Bertz CT molecular complexity index is 977. The first-order chi connectivity index (χ1) is 12.6. The van der Waals surface area contributed by atoms with E-state index in [1.165, 1.54) is 26.2 Å². The van der Waals surface area contributed by atoms with Gasteiger partial charge >= 0.3 is 0 Å². The van der Waals surface area contributed by atoms with Crippen LogP contribution in [-0.4, -0.2) is 57.7 Å². The molecule has 0 bridgehead atoms. The molecule has 1 amide bonds. The Morgan fingerprint density at radius 2 is 1.85 bits per heavy atom. The minimum atomic E-state index is -3.63. The van der Waals surface area contributed by atoms with Gasteiger partial charge in [0.2, 0.25) is 0 Å². The number of hydrogen-bond acceptors (Lipinski definition) is 8. The normalized spacial score (nSPS) is 17.6. The number of carbonyl (C=O) groups excluding carboxylic acids is 4. The monoisotopic (exact) mass is 395 g/mol. The predicted octanol–water partition coefficient (Wildman–Crippen LogP) is 0.262. The van der Waals surface area contributed by atoms with Gasteiger partial charge in [0.1, 0.15) is 16.3 Å². The van der Waals surface area contributed by atoms with Crippen molar-refractivity contribution in [3.8, 4) is 5.75 Å². The van der Waals surface area contributed by atoms with Crippen LogP contribution in [0.1, 0.15) is 15.9 Å². The summed E-state index contributed by atoms with van der Waals surface area (Å²) in [6.07, 6.45) is 2.09. The summed E-state index contributed by atoms with van der Waals surface area (Å²) < 4.78 is 28.8. The summed E-state index contributed by atoms with van der Waals surface area (Å²) in [7, 11) is -1.27. The molecule has 1 atom stereocenters. The van der Waals surface area contributed by atoms with E-state index < -0.39 is 33.2 Å². The lowest BCUT2D eigenvalue weighted by molar-refractivity contribution is -0.172. The fourth-order valence-corrected chi connectivity index (χ4v) is 3.70. The van der Waals surface area contributed by atoms with E-state index in [2.05, 4.69) is 0 Å². The Kier molecular flexibility index (Phi) is 5.62. The Balaban J connectivity index is 2.59. The van der Waals surface area contributed by atoms with Crippen LogP contribution in [0, 0.1) is 12.8 Å². The Labute approximate surface area is 155 Å². The minimum absolute atomic E-state index is 0.0493. The number of ether oxygens (including phenoxy) is 1. The second-order valence-corrected chi connectivity index (χ2v) is 7.73.